The van der Waals surface area contributed by atoms with Crippen LogP contribution in [0, 0.1) is 25.2 Å². The van der Waals surface area contributed by atoms with E-state index < -0.39 is 0 Å². The number of benzene rings is 1. The molecule has 1 saturated carbocycles. The first-order valence-corrected chi connectivity index (χ1v) is 14.6. The first kappa shape index (κ1) is 29.1. The molecule has 4 aliphatic rings. The topological polar surface area (TPSA) is 55.8 Å². The van der Waals surface area contributed by atoms with Crippen molar-refractivity contribution >= 4 is 12.1 Å². The van der Waals surface area contributed by atoms with E-state index in [9.17, 15) is 9.59 Å². The summed E-state index contributed by atoms with van der Waals surface area (Å²) in [6.45, 7) is 4.39. The maximum Gasteiger partial charge on any atom is 0.410 e. The van der Waals surface area contributed by atoms with Crippen molar-refractivity contribution in [2.75, 3.05) is 7.11 Å². The van der Waals surface area contributed by atoms with Gasteiger partial charge in [0.05, 0.1) is 13.2 Å². The molecule has 1 heterocycles. The lowest BCUT2D eigenvalue weighted by Crippen LogP contribution is -2.46. The predicted molar refractivity (Wildman–Crippen MR) is 149 cm³/mol. The van der Waals surface area contributed by atoms with Gasteiger partial charge in [-0.25, -0.2) is 4.79 Å². The number of amides is 1. The third-order valence-electron chi connectivity index (χ3n) is 8.28. The van der Waals surface area contributed by atoms with E-state index in [1.54, 1.807) is 4.90 Å². The maximum atomic E-state index is 12.4. The summed E-state index contributed by atoms with van der Waals surface area (Å²) in [6.07, 6.45) is 21.5. The van der Waals surface area contributed by atoms with Crippen LogP contribution in [0.25, 0.3) is 11.1 Å². The first-order chi connectivity index (χ1) is 18.0. The minimum atomic E-state index is -0.372. The average Bonchev–Trinajstić information content (AvgIpc) is 3.28. The number of ether oxygens (including phenoxy) is 2. The van der Waals surface area contributed by atoms with Gasteiger partial charge in [0.2, 0.25) is 0 Å². The van der Waals surface area contributed by atoms with Gasteiger partial charge < -0.3 is 9.47 Å². The molecular formula is C32H47NO4. The van der Waals surface area contributed by atoms with E-state index in [0.29, 0.717) is 12.8 Å². The number of aryl methyl sites for hydroxylation is 1. The van der Waals surface area contributed by atoms with Gasteiger partial charge in [0.15, 0.2) is 0 Å². The van der Waals surface area contributed by atoms with Gasteiger partial charge in [-0.1, -0.05) is 88.8 Å². The molecule has 1 aliphatic heterocycles. The Morgan fingerprint density at radius 2 is 1.70 bits per heavy atom. The van der Waals surface area contributed by atoms with Gasteiger partial charge in [-0.3, -0.25) is 9.69 Å². The van der Waals surface area contributed by atoms with Crippen molar-refractivity contribution < 1.29 is 19.1 Å². The van der Waals surface area contributed by atoms with E-state index in [-0.39, 0.29) is 36.2 Å². The van der Waals surface area contributed by atoms with E-state index in [2.05, 4.69) is 38.0 Å². The number of nitrogens with zero attached hydrogens (tertiary/aromatic N) is 1. The van der Waals surface area contributed by atoms with E-state index in [1.807, 2.05) is 0 Å². The summed E-state index contributed by atoms with van der Waals surface area (Å²) in [6, 6.07) is 6.25. The van der Waals surface area contributed by atoms with Crippen molar-refractivity contribution in [2.45, 2.75) is 128 Å². The second-order valence-electron chi connectivity index (χ2n) is 10.9. The number of methoxy groups -OCH3 is 1. The molecule has 5 nitrogen and oxygen atoms in total. The molecule has 204 valence electrons. The van der Waals surface area contributed by atoms with Crippen molar-refractivity contribution in [3.8, 4) is 23.5 Å². The Morgan fingerprint density at radius 3 is 2.19 bits per heavy atom. The number of esters is 1. The molecule has 37 heavy (non-hydrogen) atoms. The van der Waals surface area contributed by atoms with Crippen LogP contribution in [0.2, 0.25) is 0 Å². The molecule has 4 rings (SSSR count). The fourth-order valence-corrected chi connectivity index (χ4v) is 6.09. The third-order valence-corrected chi connectivity index (χ3v) is 8.28. The summed E-state index contributed by atoms with van der Waals surface area (Å²) in [5, 5.41) is 0. The molecule has 4 atom stereocenters. The first-order valence-electron chi connectivity index (χ1n) is 14.6. The fourth-order valence-electron chi connectivity index (χ4n) is 6.09. The Bertz CT molecular complexity index is 920. The van der Waals surface area contributed by atoms with Crippen LogP contribution in [0.5, 0.6) is 0 Å². The van der Waals surface area contributed by atoms with Crippen molar-refractivity contribution in [3.63, 3.8) is 0 Å². The maximum absolute atomic E-state index is 12.4. The molecule has 5 heteroatoms. The summed E-state index contributed by atoms with van der Waals surface area (Å²) in [7, 11) is 1.38. The van der Waals surface area contributed by atoms with Crippen LogP contribution in [0.4, 0.5) is 4.79 Å². The third kappa shape index (κ3) is 8.00. The second kappa shape index (κ2) is 15.1. The zero-order valence-corrected chi connectivity index (χ0v) is 23.3. The minimum absolute atomic E-state index is 0.0161. The van der Waals surface area contributed by atoms with E-state index in [1.165, 1.54) is 75.2 Å². The number of rotatable bonds is 12. The molecule has 0 N–H and O–H groups in total. The summed E-state index contributed by atoms with van der Waals surface area (Å²) in [5.41, 5.74) is 4.36. The number of fused-ring (bicyclic) bond motifs is 2. The number of unbranched alkanes of at least 4 members (excludes halogenated alkanes) is 9. The van der Waals surface area contributed by atoms with Crippen LogP contribution in [0.3, 0.4) is 0 Å². The predicted octanol–water partition coefficient (Wildman–Crippen LogP) is 7.83. The van der Waals surface area contributed by atoms with Crippen LogP contribution in [-0.2, 0) is 14.3 Å². The summed E-state index contributed by atoms with van der Waals surface area (Å²) >= 11 is 0. The van der Waals surface area contributed by atoms with Crippen molar-refractivity contribution in [1.29, 1.82) is 0 Å². The van der Waals surface area contributed by atoms with Crippen molar-refractivity contribution in [2.24, 2.45) is 5.92 Å². The largest absolute Gasteiger partial charge is 0.462 e. The Kier molecular flexibility index (Phi) is 11.8. The molecule has 0 aromatic carbocycles. The van der Waals surface area contributed by atoms with E-state index in [4.69, 9.17) is 15.9 Å². The van der Waals surface area contributed by atoms with Gasteiger partial charge in [0, 0.05) is 18.4 Å². The molecular weight excluding hydrogens is 462 g/mol. The number of terminal acetylenes is 1. The monoisotopic (exact) mass is 509 g/mol. The molecule has 3 aliphatic carbocycles. The molecule has 0 aromatic rings. The van der Waals surface area contributed by atoms with E-state index >= 15 is 0 Å². The fraction of sp³-hybridized carbons (Fsp3) is 0.688. The smallest absolute Gasteiger partial charge is 0.410 e. The summed E-state index contributed by atoms with van der Waals surface area (Å²) < 4.78 is 10.8. The molecule has 1 saturated heterocycles. The van der Waals surface area contributed by atoms with Gasteiger partial charge in [0.25, 0.3) is 0 Å². The van der Waals surface area contributed by atoms with Gasteiger partial charge in [-0.2, -0.15) is 0 Å². The number of hydrogen-bond donors (Lipinski definition) is 0. The lowest BCUT2D eigenvalue weighted by molar-refractivity contribution is -0.154. The highest BCUT2D eigenvalue weighted by Gasteiger charge is 2.49. The second-order valence-corrected chi connectivity index (χ2v) is 10.9. The number of likely N-dealkylation sites (tertiary alicyclic amines) is 1. The van der Waals surface area contributed by atoms with Crippen LogP contribution >= 0.6 is 0 Å². The molecule has 0 spiro atoms. The zero-order chi connectivity index (χ0) is 26.6. The average molecular weight is 510 g/mol. The van der Waals surface area contributed by atoms with Gasteiger partial charge in [0.1, 0.15) is 6.10 Å². The molecule has 0 bridgehead atoms. The zero-order valence-electron chi connectivity index (χ0n) is 23.3. The Morgan fingerprint density at radius 1 is 1.03 bits per heavy atom. The Labute approximate surface area is 224 Å². The quantitative estimate of drug-likeness (QED) is 0.166. The summed E-state index contributed by atoms with van der Waals surface area (Å²) in [4.78, 5) is 26.3. The normalized spacial score (nSPS) is 22.8. The number of hydrogen-bond acceptors (Lipinski definition) is 4. The lowest BCUT2D eigenvalue weighted by Gasteiger charge is -2.36. The molecule has 0 radical (unpaired) electrons. The number of carbonyl (C=O) groups excluding carboxylic acids is 2. The van der Waals surface area contributed by atoms with E-state index in [0.717, 1.165) is 32.1 Å². The van der Waals surface area contributed by atoms with Crippen LogP contribution < -0.4 is 0 Å². The summed E-state index contributed by atoms with van der Waals surface area (Å²) in [5.74, 6) is 2.73. The Balaban J connectivity index is 0.000000458. The highest BCUT2D eigenvalue weighted by molar-refractivity contribution is 5.80. The molecule has 1 amide bonds. The van der Waals surface area contributed by atoms with Gasteiger partial charge >= 0.3 is 12.1 Å². The highest BCUT2D eigenvalue weighted by atomic mass is 16.5. The van der Waals surface area contributed by atoms with Crippen LogP contribution in [0.15, 0.2) is 18.2 Å². The van der Waals surface area contributed by atoms with Crippen LogP contribution in [-0.4, -0.2) is 42.3 Å². The molecule has 1 unspecified atom stereocenters. The molecule has 0 aromatic heterocycles. The van der Waals surface area contributed by atoms with Gasteiger partial charge in [-0.15, -0.1) is 6.42 Å². The Hall–Kier alpha value is -2.48. The standard InChI is InChI=1S/C25H41NO4.C7H6/c1-4-6-7-8-9-10-11-12-13-14-18-24(27)30-23-17-15-16-22-21(23)19-20(5-2)26(22)25(28)29-3;1-5-4-6-2-3-7(5)6/h2,20-23H,4,6-19H2,1,3H3;2-4H,1H3/t20?,21-,22-,23+;/m1./s1. The number of carbonyl (C=O) groups is 2. The SMILES string of the molecule is C#CC1C[C@H]2[C@@H](OC(=O)CCCCCCCCCCCC)CCC[C@H]2N1C(=O)OC.Cc1cc2ccc1-2. The van der Waals surface area contributed by atoms with Crippen LogP contribution in [0.1, 0.15) is 109 Å². The molecule has 2 fully saturated rings. The van der Waals surface area contributed by atoms with Crippen molar-refractivity contribution in [3.05, 3.63) is 23.8 Å². The van der Waals surface area contributed by atoms with Gasteiger partial charge in [-0.05, 0) is 55.7 Å². The minimum Gasteiger partial charge on any atom is -0.462 e. The highest BCUT2D eigenvalue weighted by Crippen LogP contribution is 2.41. The lowest BCUT2D eigenvalue weighted by atomic mass is 9.82. The van der Waals surface area contributed by atoms with Crippen molar-refractivity contribution in [1.82, 2.24) is 4.90 Å².